The predicted octanol–water partition coefficient (Wildman–Crippen LogP) is 0.634. The first kappa shape index (κ1) is 12.7. The first-order valence-electron chi connectivity index (χ1n) is 4.23. The molecule has 0 aromatic carbocycles. The van der Waals surface area contributed by atoms with E-state index >= 15 is 0 Å². The summed E-state index contributed by atoms with van der Waals surface area (Å²) in [6.07, 6.45) is 0.495. The summed E-state index contributed by atoms with van der Waals surface area (Å²) in [5, 5.41) is 20.1. The Morgan fingerprint density at radius 1 is 1.62 bits per heavy atom. The molecule has 13 heavy (non-hydrogen) atoms. The summed E-state index contributed by atoms with van der Waals surface area (Å²) in [6, 6.07) is 0. The van der Waals surface area contributed by atoms with E-state index in [1.54, 1.807) is 13.8 Å². The van der Waals surface area contributed by atoms with Crippen molar-refractivity contribution in [3.05, 3.63) is 0 Å². The lowest BCUT2D eigenvalue weighted by Gasteiger charge is -2.27. The number of carboxylic acids is 1. The van der Waals surface area contributed by atoms with Crippen LogP contribution in [0.4, 0.5) is 0 Å². The van der Waals surface area contributed by atoms with Gasteiger partial charge >= 0.3 is 5.97 Å². The van der Waals surface area contributed by atoms with Crippen molar-refractivity contribution < 1.29 is 15.0 Å². The molecule has 0 aliphatic rings. The second-order valence-corrected chi connectivity index (χ2v) is 3.77. The molecule has 0 saturated carbocycles. The zero-order valence-corrected chi connectivity index (χ0v) is 8.64. The first-order valence-corrected chi connectivity index (χ1v) is 4.61. The van der Waals surface area contributed by atoms with E-state index in [-0.39, 0.29) is 12.5 Å². The molecule has 0 radical (unpaired) electrons. The largest absolute Gasteiger partial charge is 0.479 e. The van der Waals surface area contributed by atoms with E-state index in [4.69, 9.17) is 21.8 Å². The van der Waals surface area contributed by atoms with Crippen LogP contribution in [0.3, 0.4) is 0 Å². The summed E-state index contributed by atoms with van der Waals surface area (Å²) in [6.45, 7) is 3.88. The van der Waals surface area contributed by atoms with Crippen molar-refractivity contribution in [1.29, 1.82) is 0 Å². The van der Waals surface area contributed by atoms with E-state index in [9.17, 15) is 4.79 Å². The van der Waals surface area contributed by atoms with E-state index in [2.05, 4.69) is 5.32 Å². The minimum atomic E-state index is -1.42. The Hall–Kier alpha value is -0.320. The van der Waals surface area contributed by atoms with Crippen molar-refractivity contribution in [2.45, 2.75) is 25.3 Å². The van der Waals surface area contributed by atoms with Gasteiger partial charge in [-0.05, 0) is 18.9 Å². The molecule has 3 N–H and O–H groups in total. The number of rotatable bonds is 6. The van der Waals surface area contributed by atoms with Crippen molar-refractivity contribution >= 4 is 17.6 Å². The highest BCUT2D eigenvalue weighted by atomic mass is 35.5. The standard InChI is InChI=1S/C8H16ClNO3/c1-6(2)8(9,7(12)13)10-4-3-5-11/h6,10-11H,3-5H2,1-2H3,(H,12,13). The molecule has 0 bridgehead atoms. The minimum absolute atomic E-state index is 0.0255. The molecule has 0 aliphatic heterocycles. The Bertz CT molecular complexity index is 175. The van der Waals surface area contributed by atoms with Crippen LogP contribution in [0.5, 0.6) is 0 Å². The van der Waals surface area contributed by atoms with Gasteiger partial charge in [-0.15, -0.1) is 0 Å². The fourth-order valence-corrected chi connectivity index (χ4v) is 0.971. The van der Waals surface area contributed by atoms with Gasteiger partial charge < -0.3 is 10.2 Å². The number of aliphatic hydroxyl groups excluding tert-OH is 1. The number of nitrogens with one attached hydrogen (secondary N) is 1. The molecule has 0 fully saturated rings. The fraction of sp³-hybridized carbons (Fsp3) is 0.875. The average molecular weight is 210 g/mol. The van der Waals surface area contributed by atoms with Crippen molar-refractivity contribution in [3.63, 3.8) is 0 Å². The topological polar surface area (TPSA) is 69.6 Å². The zero-order valence-electron chi connectivity index (χ0n) is 7.88. The third-order valence-corrected chi connectivity index (χ3v) is 2.56. The molecule has 0 saturated heterocycles. The van der Waals surface area contributed by atoms with E-state index < -0.39 is 11.0 Å². The number of aliphatic carboxylic acids is 1. The molecular weight excluding hydrogens is 194 g/mol. The third-order valence-electron chi connectivity index (χ3n) is 1.82. The Labute approximate surface area is 82.9 Å². The van der Waals surface area contributed by atoms with Gasteiger partial charge in [0, 0.05) is 6.61 Å². The highest BCUT2D eigenvalue weighted by Gasteiger charge is 2.38. The minimum Gasteiger partial charge on any atom is -0.479 e. The highest BCUT2D eigenvalue weighted by molar-refractivity contribution is 6.33. The lowest BCUT2D eigenvalue weighted by atomic mass is 10.0. The summed E-state index contributed by atoms with van der Waals surface area (Å²) in [5.74, 6) is -1.30. The van der Waals surface area contributed by atoms with Gasteiger partial charge in [0.2, 0.25) is 0 Å². The van der Waals surface area contributed by atoms with Crippen LogP contribution in [-0.2, 0) is 4.79 Å². The van der Waals surface area contributed by atoms with Crippen molar-refractivity contribution in [1.82, 2.24) is 5.32 Å². The van der Waals surface area contributed by atoms with Gasteiger partial charge in [-0.2, -0.15) is 0 Å². The van der Waals surface area contributed by atoms with E-state index in [0.717, 1.165) is 0 Å². The van der Waals surface area contributed by atoms with Crippen LogP contribution in [0.15, 0.2) is 0 Å². The molecule has 0 amide bonds. The van der Waals surface area contributed by atoms with Gasteiger partial charge in [0.25, 0.3) is 0 Å². The van der Waals surface area contributed by atoms with E-state index in [1.807, 2.05) is 0 Å². The molecule has 4 nitrogen and oxygen atoms in total. The molecule has 0 aromatic rings. The van der Waals surface area contributed by atoms with E-state index in [1.165, 1.54) is 0 Å². The maximum atomic E-state index is 10.8. The smallest absolute Gasteiger partial charge is 0.339 e. The Morgan fingerprint density at radius 3 is 2.46 bits per heavy atom. The predicted molar refractivity (Wildman–Crippen MR) is 50.8 cm³/mol. The van der Waals surface area contributed by atoms with Crippen molar-refractivity contribution in [2.24, 2.45) is 5.92 Å². The van der Waals surface area contributed by atoms with E-state index in [0.29, 0.717) is 13.0 Å². The SMILES string of the molecule is CC(C)C(Cl)(NCCCO)C(=O)O. The van der Waals surface area contributed by atoms with Crippen LogP contribution < -0.4 is 5.32 Å². The highest BCUT2D eigenvalue weighted by Crippen LogP contribution is 2.22. The van der Waals surface area contributed by atoms with Crippen LogP contribution in [0.2, 0.25) is 0 Å². The number of halogens is 1. The number of carbonyl (C=O) groups is 1. The maximum absolute atomic E-state index is 10.8. The number of carboxylic acid groups (broad SMARTS) is 1. The summed E-state index contributed by atoms with van der Waals surface area (Å²) < 4.78 is 0. The molecule has 0 heterocycles. The van der Waals surface area contributed by atoms with Gasteiger partial charge in [0.1, 0.15) is 0 Å². The molecule has 0 aliphatic carbocycles. The number of aliphatic hydroxyl groups is 1. The molecule has 0 spiro atoms. The molecule has 0 rings (SSSR count). The zero-order chi connectivity index (χ0) is 10.5. The summed E-state index contributed by atoms with van der Waals surface area (Å²) in [7, 11) is 0. The number of hydrogen-bond acceptors (Lipinski definition) is 3. The molecule has 78 valence electrons. The molecule has 1 atom stereocenters. The van der Waals surface area contributed by atoms with Crippen molar-refractivity contribution in [2.75, 3.05) is 13.2 Å². The van der Waals surface area contributed by atoms with Crippen LogP contribution in [0, 0.1) is 5.92 Å². The van der Waals surface area contributed by atoms with Crippen LogP contribution in [-0.4, -0.2) is 34.3 Å². The third kappa shape index (κ3) is 3.50. The first-order chi connectivity index (χ1) is 5.95. The van der Waals surface area contributed by atoms with Gasteiger partial charge in [0.05, 0.1) is 0 Å². The number of alkyl halides is 1. The van der Waals surface area contributed by atoms with Gasteiger partial charge in [-0.25, -0.2) is 4.79 Å². The Morgan fingerprint density at radius 2 is 2.15 bits per heavy atom. The second-order valence-electron chi connectivity index (χ2n) is 3.18. The van der Waals surface area contributed by atoms with Gasteiger partial charge in [0.15, 0.2) is 5.00 Å². The van der Waals surface area contributed by atoms with Crippen LogP contribution in [0.25, 0.3) is 0 Å². The Balaban J connectivity index is 4.17. The average Bonchev–Trinajstić information content (AvgIpc) is 2.03. The Kier molecular flexibility index (Phi) is 5.29. The molecule has 1 unspecified atom stereocenters. The molecule has 5 heteroatoms. The summed E-state index contributed by atoms with van der Waals surface area (Å²) in [5.41, 5.74) is 0. The van der Waals surface area contributed by atoms with Gasteiger partial charge in [-0.3, -0.25) is 5.32 Å². The lowest BCUT2D eigenvalue weighted by molar-refractivity contribution is -0.142. The van der Waals surface area contributed by atoms with Crippen LogP contribution in [0.1, 0.15) is 20.3 Å². The molecule has 0 aromatic heterocycles. The fourth-order valence-electron chi connectivity index (χ4n) is 0.876. The quantitative estimate of drug-likeness (QED) is 0.341. The van der Waals surface area contributed by atoms with Crippen molar-refractivity contribution in [3.8, 4) is 0 Å². The monoisotopic (exact) mass is 209 g/mol. The normalized spacial score (nSPS) is 15.8. The summed E-state index contributed by atoms with van der Waals surface area (Å²) >= 11 is 5.85. The second kappa shape index (κ2) is 5.42. The number of hydrogen-bond donors (Lipinski definition) is 3. The molecular formula is C8H16ClNO3. The lowest BCUT2D eigenvalue weighted by Crippen LogP contribution is -2.51. The van der Waals surface area contributed by atoms with Gasteiger partial charge in [-0.1, -0.05) is 25.4 Å². The summed E-state index contributed by atoms with van der Waals surface area (Å²) in [4.78, 5) is 9.38. The van der Waals surface area contributed by atoms with Crippen LogP contribution >= 0.6 is 11.6 Å². The maximum Gasteiger partial charge on any atom is 0.339 e.